The summed E-state index contributed by atoms with van der Waals surface area (Å²) in [6.45, 7) is 12.1. The van der Waals surface area contributed by atoms with Crippen LogP contribution in [0.3, 0.4) is 0 Å². The number of amides is 2. The molecule has 0 spiro atoms. The van der Waals surface area contributed by atoms with Gasteiger partial charge in [0, 0.05) is 28.7 Å². The third-order valence-corrected chi connectivity index (χ3v) is 7.15. The first-order chi connectivity index (χ1) is 16.9. The standard InChI is InChI=1S/C27H34ClN5O2S/c1-16-13-20(10-12-29-16)32-25(34)21(9-11-27(4,5)6)33-26(35)24-8-7-23(36-24)18(3)31-22-14-19(28)15-30-17(22)2/h7-8,10,12-15,18,21,31H,9,11H2,1-6H3,(H,33,35)(H,29,32,34)/t18-,21+/m0/s1. The first-order valence-corrected chi connectivity index (χ1v) is 13.1. The Bertz CT molecular complexity index is 1220. The van der Waals surface area contributed by atoms with Crippen molar-refractivity contribution in [2.75, 3.05) is 10.6 Å². The molecule has 192 valence electrons. The topological polar surface area (TPSA) is 96.0 Å². The van der Waals surface area contributed by atoms with Crippen molar-refractivity contribution in [1.82, 2.24) is 15.3 Å². The molecule has 0 saturated carbocycles. The molecule has 3 N–H and O–H groups in total. The number of nitrogens with zero attached hydrogens (tertiary/aromatic N) is 2. The van der Waals surface area contributed by atoms with Gasteiger partial charge in [0.15, 0.2) is 0 Å². The third-order valence-electron chi connectivity index (χ3n) is 5.67. The summed E-state index contributed by atoms with van der Waals surface area (Å²) in [6.07, 6.45) is 4.58. The van der Waals surface area contributed by atoms with Crippen molar-refractivity contribution in [2.45, 2.75) is 66.5 Å². The summed E-state index contributed by atoms with van der Waals surface area (Å²) in [4.78, 5) is 36.2. The number of hydrogen-bond donors (Lipinski definition) is 3. The number of halogens is 1. The van der Waals surface area contributed by atoms with Crippen LogP contribution in [-0.2, 0) is 4.79 Å². The van der Waals surface area contributed by atoms with E-state index in [1.54, 1.807) is 30.6 Å². The lowest BCUT2D eigenvalue weighted by Gasteiger charge is -2.23. The van der Waals surface area contributed by atoms with Crippen molar-refractivity contribution in [3.63, 3.8) is 0 Å². The normalized spacial score (nSPS) is 13.1. The highest BCUT2D eigenvalue weighted by molar-refractivity contribution is 7.14. The molecule has 7 nitrogen and oxygen atoms in total. The van der Waals surface area contributed by atoms with Crippen LogP contribution in [0.15, 0.2) is 42.7 Å². The van der Waals surface area contributed by atoms with Crippen molar-refractivity contribution in [3.05, 3.63) is 68.9 Å². The number of pyridine rings is 2. The lowest BCUT2D eigenvalue weighted by molar-refractivity contribution is -0.118. The van der Waals surface area contributed by atoms with Gasteiger partial charge in [-0.15, -0.1) is 11.3 Å². The van der Waals surface area contributed by atoms with Gasteiger partial charge in [0.1, 0.15) is 6.04 Å². The van der Waals surface area contributed by atoms with Gasteiger partial charge in [-0.05, 0) is 69.4 Å². The van der Waals surface area contributed by atoms with Crippen LogP contribution in [0.1, 0.15) is 72.5 Å². The maximum atomic E-state index is 13.1. The van der Waals surface area contributed by atoms with Crippen LogP contribution in [0, 0.1) is 19.3 Å². The number of carbonyl (C=O) groups is 2. The summed E-state index contributed by atoms with van der Waals surface area (Å²) in [5, 5.41) is 9.84. The molecule has 0 fully saturated rings. The zero-order chi connectivity index (χ0) is 26.5. The van der Waals surface area contributed by atoms with Crippen LogP contribution in [0.25, 0.3) is 0 Å². The maximum Gasteiger partial charge on any atom is 0.262 e. The summed E-state index contributed by atoms with van der Waals surface area (Å²) < 4.78 is 0. The van der Waals surface area contributed by atoms with E-state index in [1.165, 1.54) is 11.3 Å². The quantitative estimate of drug-likeness (QED) is 0.293. The van der Waals surface area contributed by atoms with E-state index in [9.17, 15) is 9.59 Å². The first kappa shape index (κ1) is 27.6. The molecule has 2 atom stereocenters. The lowest BCUT2D eigenvalue weighted by atomic mass is 9.88. The minimum absolute atomic E-state index is 0.0288. The summed E-state index contributed by atoms with van der Waals surface area (Å²) in [6, 6.07) is 8.39. The van der Waals surface area contributed by atoms with Crippen molar-refractivity contribution >= 4 is 46.1 Å². The number of nitrogens with one attached hydrogen (secondary N) is 3. The van der Waals surface area contributed by atoms with Crippen LogP contribution in [0.4, 0.5) is 11.4 Å². The number of aryl methyl sites for hydroxylation is 2. The molecule has 3 aromatic heterocycles. The molecule has 2 amide bonds. The second-order valence-electron chi connectivity index (χ2n) is 10.2. The van der Waals surface area contributed by atoms with Gasteiger partial charge in [-0.25, -0.2) is 0 Å². The molecule has 0 aliphatic carbocycles. The molecule has 0 aliphatic heterocycles. The SMILES string of the molecule is Cc1cc(NC(=O)[C@@H](CCC(C)(C)C)NC(=O)c2ccc([C@H](C)Nc3cc(Cl)cnc3C)s2)ccn1. The fourth-order valence-electron chi connectivity index (χ4n) is 3.59. The van der Waals surface area contributed by atoms with Crippen LogP contribution < -0.4 is 16.0 Å². The van der Waals surface area contributed by atoms with Gasteiger partial charge in [-0.3, -0.25) is 19.6 Å². The van der Waals surface area contributed by atoms with Crippen LogP contribution in [0.5, 0.6) is 0 Å². The Morgan fingerprint density at radius 2 is 1.86 bits per heavy atom. The average Bonchev–Trinajstić information content (AvgIpc) is 3.29. The Kier molecular flexibility index (Phi) is 9.08. The third kappa shape index (κ3) is 8.03. The van der Waals surface area contributed by atoms with Crippen LogP contribution >= 0.6 is 22.9 Å². The maximum absolute atomic E-state index is 13.1. The van der Waals surface area contributed by atoms with Gasteiger partial charge in [-0.2, -0.15) is 0 Å². The molecule has 36 heavy (non-hydrogen) atoms. The van der Waals surface area contributed by atoms with E-state index < -0.39 is 6.04 Å². The Morgan fingerprint density at radius 3 is 2.56 bits per heavy atom. The Labute approximate surface area is 222 Å². The van der Waals surface area contributed by atoms with E-state index in [-0.39, 0.29) is 23.3 Å². The second-order valence-corrected chi connectivity index (χ2v) is 11.7. The summed E-state index contributed by atoms with van der Waals surface area (Å²) >= 11 is 7.48. The van der Waals surface area contributed by atoms with Crippen molar-refractivity contribution in [1.29, 1.82) is 0 Å². The second kappa shape index (κ2) is 11.8. The fourth-order valence-corrected chi connectivity index (χ4v) is 4.67. The summed E-state index contributed by atoms with van der Waals surface area (Å²) in [5.74, 6) is -0.507. The highest BCUT2D eigenvalue weighted by atomic mass is 35.5. The van der Waals surface area contributed by atoms with Crippen LogP contribution in [-0.4, -0.2) is 27.8 Å². The average molecular weight is 528 g/mol. The van der Waals surface area contributed by atoms with E-state index in [0.29, 0.717) is 22.0 Å². The minimum atomic E-state index is -0.661. The lowest BCUT2D eigenvalue weighted by Crippen LogP contribution is -2.44. The highest BCUT2D eigenvalue weighted by Gasteiger charge is 2.25. The van der Waals surface area contributed by atoms with Gasteiger partial charge in [0.25, 0.3) is 5.91 Å². The Hall–Kier alpha value is -2.97. The number of rotatable bonds is 9. The van der Waals surface area contributed by atoms with Gasteiger partial charge >= 0.3 is 0 Å². The largest absolute Gasteiger partial charge is 0.376 e. The zero-order valence-corrected chi connectivity index (χ0v) is 23.2. The molecule has 0 bridgehead atoms. The fraction of sp³-hybridized carbons (Fsp3) is 0.407. The molecule has 0 saturated heterocycles. The summed E-state index contributed by atoms with van der Waals surface area (Å²) in [5.41, 5.74) is 3.19. The number of aromatic nitrogens is 2. The van der Waals surface area contributed by atoms with Crippen molar-refractivity contribution in [3.8, 4) is 0 Å². The number of thiophene rings is 1. The zero-order valence-electron chi connectivity index (χ0n) is 21.6. The predicted octanol–water partition coefficient (Wildman–Crippen LogP) is 6.54. The number of hydrogen-bond acceptors (Lipinski definition) is 6. The van der Waals surface area contributed by atoms with E-state index >= 15 is 0 Å². The molecule has 3 rings (SSSR count). The van der Waals surface area contributed by atoms with Gasteiger partial charge < -0.3 is 16.0 Å². The van der Waals surface area contributed by atoms with E-state index in [1.807, 2.05) is 32.9 Å². The molecular weight excluding hydrogens is 494 g/mol. The number of anilines is 2. The van der Waals surface area contributed by atoms with Gasteiger partial charge in [0.2, 0.25) is 5.91 Å². The first-order valence-electron chi connectivity index (χ1n) is 11.9. The number of carbonyl (C=O) groups excluding carboxylic acids is 2. The Morgan fingerprint density at radius 1 is 1.11 bits per heavy atom. The van der Waals surface area contributed by atoms with Gasteiger partial charge in [0.05, 0.1) is 27.3 Å². The van der Waals surface area contributed by atoms with Crippen molar-refractivity contribution in [2.24, 2.45) is 5.41 Å². The molecule has 0 radical (unpaired) electrons. The monoisotopic (exact) mass is 527 g/mol. The predicted molar refractivity (Wildman–Crippen MR) is 148 cm³/mol. The minimum Gasteiger partial charge on any atom is -0.376 e. The van der Waals surface area contributed by atoms with E-state index in [0.717, 1.165) is 28.4 Å². The van der Waals surface area contributed by atoms with Gasteiger partial charge in [-0.1, -0.05) is 32.4 Å². The molecule has 9 heteroatoms. The molecule has 3 heterocycles. The molecular formula is C27H34ClN5O2S. The molecule has 0 aliphatic rings. The van der Waals surface area contributed by atoms with Crippen LogP contribution in [0.2, 0.25) is 5.02 Å². The Balaban J connectivity index is 1.70. The highest BCUT2D eigenvalue weighted by Crippen LogP contribution is 2.29. The smallest absolute Gasteiger partial charge is 0.262 e. The molecule has 0 aromatic carbocycles. The molecule has 0 unspecified atom stereocenters. The molecule has 3 aromatic rings. The van der Waals surface area contributed by atoms with E-state index in [2.05, 4.69) is 46.7 Å². The van der Waals surface area contributed by atoms with E-state index in [4.69, 9.17) is 11.6 Å². The van der Waals surface area contributed by atoms with Crippen molar-refractivity contribution < 1.29 is 9.59 Å². The summed E-state index contributed by atoms with van der Waals surface area (Å²) in [7, 11) is 0.